The van der Waals surface area contributed by atoms with Crippen molar-refractivity contribution in [1.82, 2.24) is 48.1 Å². The first kappa shape index (κ1) is 19.1. The van der Waals surface area contributed by atoms with Gasteiger partial charge in [0.25, 0.3) is 16.5 Å². The third-order valence-electron chi connectivity index (χ3n) is 5.20. The molecule has 0 atom stereocenters. The molecule has 2 N–H and O–H groups in total. The van der Waals surface area contributed by atoms with Gasteiger partial charge in [0.05, 0.1) is 25.2 Å². The highest BCUT2D eigenvalue weighted by molar-refractivity contribution is 6.04. The summed E-state index contributed by atoms with van der Waals surface area (Å²) >= 11 is 2.77. The summed E-state index contributed by atoms with van der Waals surface area (Å²) in [6.45, 7) is 5.79. The first-order valence-corrected chi connectivity index (χ1v) is 10.1. The van der Waals surface area contributed by atoms with Gasteiger partial charge in [-0.1, -0.05) is 0 Å². The van der Waals surface area contributed by atoms with Gasteiger partial charge < -0.3 is 14.4 Å². The lowest BCUT2D eigenvalue weighted by Gasteiger charge is -2.33. The Hall–Kier alpha value is -2.85. The van der Waals surface area contributed by atoms with Crippen molar-refractivity contribution < 1.29 is 4.74 Å². The van der Waals surface area contributed by atoms with Crippen LogP contribution in [0.25, 0.3) is 28.2 Å². The number of rotatable bonds is 5. The second-order valence-corrected chi connectivity index (χ2v) is 7.77. The van der Waals surface area contributed by atoms with Crippen LogP contribution in [0.2, 0.25) is 0 Å². The first-order valence-electron chi connectivity index (χ1n) is 9.59. The van der Waals surface area contributed by atoms with Crippen molar-refractivity contribution in [2.24, 2.45) is 0 Å². The quantitative estimate of drug-likeness (QED) is 0.410. The van der Waals surface area contributed by atoms with Gasteiger partial charge in [-0.2, -0.15) is 14.6 Å². The van der Waals surface area contributed by atoms with Crippen LogP contribution in [0.5, 0.6) is 5.88 Å². The number of aromatic nitrogens is 8. The molecule has 0 saturated carbocycles. The molecule has 12 nitrogen and oxygen atoms in total. The molecule has 2 radical (unpaired) electrons. The minimum atomic E-state index is 0.234. The van der Waals surface area contributed by atoms with Crippen molar-refractivity contribution >= 4 is 39.1 Å². The molecule has 0 spiro atoms. The highest BCUT2D eigenvalue weighted by atomic mass is 27.1. The lowest BCUT2D eigenvalue weighted by molar-refractivity contribution is 0.184. The van der Waals surface area contributed by atoms with E-state index in [1.54, 1.807) is 18.6 Å². The van der Waals surface area contributed by atoms with Gasteiger partial charge in [-0.15, -0.1) is 5.10 Å². The van der Waals surface area contributed by atoms with E-state index in [1.807, 2.05) is 4.68 Å². The molecule has 4 aromatic rings. The van der Waals surface area contributed by atoms with Crippen molar-refractivity contribution in [1.29, 1.82) is 0 Å². The Morgan fingerprint density at radius 1 is 1.07 bits per heavy atom. The molecular weight excluding hydrogens is 401 g/mol. The summed E-state index contributed by atoms with van der Waals surface area (Å²) in [5.74, 6) is 0.943. The fraction of sp³-hybridized carbons (Fsp3) is 0.412. The molecule has 0 aromatic carbocycles. The van der Waals surface area contributed by atoms with Gasteiger partial charge in [0.1, 0.15) is 0 Å². The molecular formula is C17H20AlN11O. The second-order valence-electron chi connectivity index (χ2n) is 7.04. The molecule has 5 heterocycles. The molecule has 0 aliphatic carbocycles. The van der Waals surface area contributed by atoms with E-state index >= 15 is 0 Å². The lowest BCUT2D eigenvalue weighted by Crippen LogP contribution is -2.46. The van der Waals surface area contributed by atoms with Crippen molar-refractivity contribution in [3.05, 3.63) is 18.6 Å². The van der Waals surface area contributed by atoms with Crippen LogP contribution in [0.3, 0.4) is 0 Å². The summed E-state index contributed by atoms with van der Waals surface area (Å²) in [5, 5.41) is 9.76. The van der Waals surface area contributed by atoms with Gasteiger partial charge in [0, 0.05) is 32.0 Å². The molecule has 1 aliphatic rings. The molecule has 30 heavy (non-hydrogen) atoms. The van der Waals surface area contributed by atoms with Gasteiger partial charge in [-0.05, 0) is 13.1 Å². The summed E-state index contributed by atoms with van der Waals surface area (Å²) in [4.78, 5) is 20.0. The van der Waals surface area contributed by atoms with Crippen LogP contribution < -0.4 is 10.5 Å². The van der Waals surface area contributed by atoms with Crippen LogP contribution in [-0.4, -0.2) is 104 Å². The summed E-state index contributed by atoms with van der Waals surface area (Å²) in [7, 11) is 1.53. The molecule has 1 fully saturated rings. The Morgan fingerprint density at radius 3 is 2.67 bits per heavy atom. The fourth-order valence-corrected chi connectivity index (χ4v) is 3.80. The van der Waals surface area contributed by atoms with Crippen molar-refractivity contribution in [2.45, 2.75) is 6.54 Å². The van der Waals surface area contributed by atoms with E-state index in [9.17, 15) is 0 Å². The van der Waals surface area contributed by atoms with Crippen LogP contribution in [0.15, 0.2) is 18.6 Å². The lowest BCUT2D eigenvalue weighted by atomic mass is 10.3. The van der Waals surface area contributed by atoms with Crippen LogP contribution in [0.1, 0.15) is 0 Å². The van der Waals surface area contributed by atoms with Gasteiger partial charge in [-0.25, -0.2) is 19.6 Å². The van der Waals surface area contributed by atoms with Crippen LogP contribution in [0, 0.1) is 0 Å². The Labute approximate surface area is 180 Å². The third kappa shape index (κ3) is 3.35. The SMILES string of the molecule is COc1nccnc1-c1nc2c3cnn(CCN4CC[N]([Al])CC4)c3nc(N)n2n1. The molecule has 5 rings (SSSR count). The Morgan fingerprint density at radius 2 is 1.87 bits per heavy atom. The predicted molar refractivity (Wildman–Crippen MR) is 110 cm³/mol. The Kier molecular flexibility index (Phi) is 4.95. The minimum Gasteiger partial charge on any atom is -0.479 e. The van der Waals surface area contributed by atoms with Crippen LogP contribution >= 0.6 is 0 Å². The molecule has 0 amide bonds. The average Bonchev–Trinajstić information content (AvgIpc) is 3.38. The van der Waals surface area contributed by atoms with E-state index < -0.39 is 0 Å². The highest BCUT2D eigenvalue weighted by Crippen LogP contribution is 2.26. The van der Waals surface area contributed by atoms with Gasteiger partial charge in [0.15, 0.2) is 17.0 Å². The second kappa shape index (κ2) is 7.77. The number of fused-ring (bicyclic) bond motifs is 3. The smallest absolute Gasteiger partial charge is 0.256 e. The summed E-state index contributed by atoms with van der Waals surface area (Å²) in [5.41, 5.74) is 7.89. The number of methoxy groups -OCH3 is 1. The number of nitrogens with two attached hydrogens (primary N) is 1. The zero-order valence-corrected chi connectivity index (χ0v) is 17.7. The summed E-state index contributed by atoms with van der Waals surface area (Å²) < 4.78 is 10.9. The van der Waals surface area contributed by atoms with E-state index in [1.165, 1.54) is 11.6 Å². The molecule has 0 unspecified atom stereocenters. The van der Waals surface area contributed by atoms with Crippen molar-refractivity contribution in [3.8, 4) is 17.4 Å². The maximum absolute atomic E-state index is 6.19. The predicted octanol–water partition coefficient (Wildman–Crippen LogP) is -0.777. The number of hydrogen-bond donors (Lipinski definition) is 1. The van der Waals surface area contributed by atoms with Gasteiger partial charge >= 0.3 is 0 Å². The van der Waals surface area contributed by atoms with Crippen LogP contribution in [-0.2, 0) is 6.54 Å². The summed E-state index contributed by atoms with van der Waals surface area (Å²) in [6.07, 6.45) is 4.87. The molecule has 1 saturated heterocycles. The third-order valence-corrected chi connectivity index (χ3v) is 5.72. The molecule has 1 aliphatic heterocycles. The topological polar surface area (TPSA) is 128 Å². The number of nitrogen functional groups attached to an aromatic ring is 1. The maximum atomic E-state index is 6.19. The molecule has 4 aromatic heterocycles. The van der Waals surface area contributed by atoms with E-state index in [4.69, 9.17) is 10.5 Å². The number of piperazine rings is 1. The molecule has 13 heteroatoms. The zero-order valence-electron chi connectivity index (χ0n) is 16.5. The minimum absolute atomic E-state index is 0.234. The van der Waals surface area contributed by atoms with Crippen molar-refractivity contribution in [3.63, 3.8) is 0 Å². The molecule has 0 bridgehead atoms. The number of nitrogens with zero attached hydrogens (tertiary/aromatic N) is 10. The number of anilines is 1. The number of hydrogen-bond acceptors (Lipinski definition) is 10. The zero-order chi connectivity index (χ0) is 20.7. The highest BCUT2D eigenvalue weighted by Gasteiger charge is 2.20. The average molecular weight is 421 g/mol. The normalized spacial score (nSPS) is 15.9. The Bertz CT molecular complexity index is 1200. The Balaban J connectivity index is 1.49. The number of ether oxygens (including phenoxy) is 1. The van der Waals surface area contributed by atoms with Gasteiger partial charge in [0.2, 0.25) is 17.7 Å². The summed E-state index contributed by atoms with van der Waals surface area (Å²) in [6, 6.07) is 0. The van der Waals surface area contributed by atoms with Crippen molar-refractivity contribution in [2.75, 3.05) is 45.6 Å². The largest absolute Gasteiger partial charge is 0.479 e. The van der Waals surface area contributed by atoms with E-state index in [-0.39, 0.29) is 5.95 Å². The molecule has 152 valence electrons. The maximum Gasteiger partial charge on any atom is 0.256 e. The van der Waals surface area contributed by atoms with E-state index in [0.29, 0.717) is 28.7 Å². The van der Waals surface area contributed by atoms with E-state index in [2.05, 4.69) is 55.4 Å². The first-order chi connectivity index (χ1) is 14.6. The van der Waals surface area contributed by atoms with Gasteiger partial charge in [-0.3, -0.25) is 4.90 Å². The monoisotopic (exact) mass is 421 g/mol. The standard InChI is InChI=1S/C17H20N11O.Al/c1-29-16-12(20-2-3-21-16)13-23-15-11-10-22-27(9-8-26-6-4-19-5-7-26)14(11)24-17(18)28(15)25-13;/h2-3,10H,4-9H2,1H3,(H2,18,24);/q-1;+1. The van der Waals surface area contributed by atoms with E-state index in [0.717, 1.165) is 44.7 Å². The fourth-order valence-electron chi connectivity index (χ4n) is 3.57. The van der Waals surface area contributed by atoms with Crippen LogP contribution in [0.4, 0.5) is 5.95 Å².